The molecule has 3 rings (SSSR count). The standard InChI is InChI=1S/C19H25N7O4S/c1-14-5-6-15(21-13-14)23-17-8-7-16(24-25-17)20-9-10-22-31(29,30)12-11-26-18(27)3-2-4-19(26)28/h5-8,13,22H,2-4,9-12H2,1H3,(H,20,24)(H,21,23,25). The number of likely N-dealkylation sites (tertiary alicyclic amines) is 1. The Kier molecular flexibility index (Phi) is 7.47. The van der Waals surface area contributed by atoms with Gasteiger partial charge in [0.2, 0.25) is 21.8 Å². The zero-order chi connectivity index (χ0) is 22.3. The van der Waals surface area contributed by atoms with Crippen LogP contribution in [0, 0.1) is 6.92 Å². The number of hydrogen-bond donors (Lipinski definition) is 3. The van der Waals surface area contributed by atoms with Crippen molar-refractivity contribution in [2.24, 2.45) is 0 Å². The highest BCUT2D eigenvalue weighted by molar-refractivity contribution is 7.89. The summed E-state index contributed by atoms with van der Waals surface area (Å²) in [5, 5.41) is 14.1. The number of nitrogens with one attached hydrogen (secondary N) is 3. The molecule has 0 saturated carbocycles. The first kappa shape index (κ1) is 22.6. The van der Waals surface area contributed by atoms with E-state index in [9.17, 15) is 18.0 Å². The summed E-state index contributed by atoms with van der Waals surface area (Å²) in [7, 11) is -3.62. The second-order valence-corrected chi connectivity index (χ2v) is 9.01. The summed E-state index contributed by atoms with van der Waals surface area (Å²) in [4.78, 5) is 28.7. The number of amides is 2. The van der Waals surface area contributed by atoms with Gasteiger partial charge >= 0.3 is 0 Å². The molecule has 1 aliphatic rings. The highest BCUT2D eigenvalue weighted by atomic mass is 32.2. The van der Waals surface area contributed by atoms with Crippen LogP contribution in [0.25, 0.3) is 0 Å². The lowest BCUT2D eigenvalue weighted by Crippen LogP contribution is -2.44. The van der Waals surface area contributed by atoms with E-state index in [1.54, 1.807) is 18.3 Å². The molecule has 0 atom stereocenters. The average Bonchev–Trinajstić information content (AvgIpc) is 2.74. The number of rotatable bonds is 10. The smallest absolute Gasteiger partial charge is 0.229 e. The van der Waals surface area contributed by atoms with E-state index in [0.717, 1.165) is 10.5 Å². The van der Waals surface area contributed by atoms with Crippen molar-refractivity contribution in [3.05, 3.63) is 36.0 Å². The Morgan fingerprint density at radius 1 is 0.968 bits per heavy atom. The van der Waals surface area contributed by atoms with Crippen molar-refractivity contribution in [1.82, 2.24) is 24.8 Å². The van der Waals surface area contributed by atoms with Gasteiger partial charge in [0.15, 0.2) is 5.82 Å². The van der Waals surface area contributed by atoms with Crippen LogP contribution in [-0.2, 0) is 19.6 Å². The van der Waals surface area contributed by atoms with Gasteiger partial charge in [-0.3, -0.25) is 14.5 Å². The van der Waals surface area contributed by atoms with Gasteiger partial charge in [0.05, 0.1) is 5.75 Å². The lowest BCUT2D eigenvalue weighted by Gasteiger charge is -2.24. The van der Waals surface area contributed by atoms with Gasteiger partial charge in [-0.1, -0.05) is 6.07 Å². The SMILES string of the molecule is Cc1ccc(Nc2ccc(NCCNS(=O)(=O)CCN3C(=O)CCCC3=O)nn2)nc1. The number of carbonyl (C=O) groups excluding carboxylic acids is 2. The van der Waals surface area contributed by atoms with Crippen molar-refractivity contribution >= 4 is 39.3 Å². The minimum Gasteiger partial charge on any atom is -0.367 e. The van der Waals surface area contributed by atoms with Crippen LogP contribution in [0.1, 0.15) is 24.8 Å². The van der Waals surface area contributed by atoms with E-state index in [2.05, 4.69) is 30.5 Å². The number of nitrogens with zero attached hydrogens (tertiary/aromatic N) is 4. The minimum absolute atomic E-state index is 0.124. The molecular formula is C19H25N7O4S. The number of imide groups is 1. The van der Waals surface area contributed by atoms with Gasteiger partial charge in [-0.25, -0.2) is 18.1 Å². The van der Waals surface area contributed by atoms with Crippen LogP contribution in [-0.4, -0.2) is 65.7 Å². The number of pyridine rings is 1. The first-order valence-corrected chi connectivity index (χ1v) is 11.6. The summed E-state index contributed by atoms with van der Waals surface area (Å²) < 4.78 is 26.7. The Morgan fingerprint density at radius 3 is 2.29 bits per heavy atom. The summed E-state index contributed by atoms with van der Waals surface area (Å²) >= 11 is 0. The van der Waals surface area contributed by atoms with Crippen LogP contribution in [0.15, 0.2) is 30.5 Å². The van der Waals surface area contributed by atoms with Gasteiger partial charge in [0.25, 0.3) is 0 Å². The Bertz CT molecular complexity index is 995. The number of aromatic nitrogens is 3. The van der Waals surface area contributed by atoms with Crippen molar-refractivity contribution in [1.29, 1.82) is 0 Å². The minimum atomic E-state index is -3.62. The van der Waals surface area contributed by atoms with Gasteiger partial charge in [0.1, 0.15) is 11.6 Å². The van der Waals surface area contributed by atoms with Gasteiger partial charge in [-0.05, 0) is 37.1 Å². The molecule has 1 saturated heterocycles. The highest BCUT2D eigenvalue weighted by Crippen LogP contribution is 2.13. The third kappa shape index (κ3) is 6.96. The molecule has 2 aromatic heterocycles. The number of piperidine rings is 1. The first-order valence-electron chi connectivity index (χ1n) is 9.90. The van der Waals surface area contributed by atoms with Crippen molar-refractivity contribution < 1.29 is 18.0 Å². The molecule has 2 amide bonds. The van der Waals surface area contributed by atoms with E-state index < -0.39 is 10.0 Å². The van der Waals surface area contributed by atoms with E-state index in [1.807, 2.05) is 19.1 Å². The van der Waals surface area contributed by atoms with Gasteiger partial charge in [-0.2, -0.15) is 0 Å². The fourth-order valence-electron chi connectivity index (χ4n) is 2.90. The second-order valence-electron chi connectivity index (χ2n) is 7.08. The van der Waals surface area contributed by atoms with Crippen molar-refractivity contribution in [3.63, 3.8) is 0 Å². The van der Waals surface area contributed by atoms with Gasteiger partial charge < -0.3 is 10.6 Å². The monoisotopic (exact) mass is 447 g/mol. The van der Waals surface area contributed by atoms with Crippen LogP contribution in [0.5, 0.6) is 0 Å². The molecule has 2 aromatic rings. The third-order valence-corrected chi connectivity index (χ3v) is 5.92. The molecule has 0 spiro atoms. The topological polar surface area (TPSA) is 146 Å². The maximum atomic E-state index is 12.1. The van der Waals surface area contributed by atoms with Crippen LogP contribution in [0.4, 0.5) is 17.5 Å². The Balaban J connectivity index is 1.39. The molecule has 11 nitrogen and oxygen atoms in total. The molecule has 12 heteroatoms. The summed E-state index contributed by atoms with van der Waals surface area (Å²) in [6.07, 6.45) is 2.82. The van der Waals surface area contributed by atoms with Crippen LogP contribution < -0.4 is 15.4 Å². The first-order chi connectivity index (χ1) is 14.8. The summed E-state index contributed by atoms with van der Waals surface area (Å²) in [6.45, 7) is 2.24. The number of sulfonamides is 1. The molecule has 1 aliphatic heterocycles. The molecule has 1 fully saturated rings. The number of aryl methyl sites for hydroxylation is 1. The van der Waals surface area contributed by atoms with E-state index in [0.29, 0.717) is 30.4 Å². The maximum Gasteiger partial charge on any atom is 0.229 e. The molecule has 0 aliphatic carbocycles. The lowest BCUT2D eigenvalue weighted by atomic mass is 10.1. The second kappa shape index (κ2) is 10.3. The fraction of sp³-hybridized carbons (Fsp3) is 0.421. The third-order valence-electron chi connectivity index (χ3n) is 4.55. The van der Waals surface area contributed by atoms with Crippen molar-refractivity contribution in [3.8, 4) is 0 Å². The fourth-order valence-corrected chi connectivity index (χ4v) is 3.88. The van der Waals surface area contributed by atoms with Crippen LogP contribution >= 0.6 is 0 Å². The van der Waals surface area contributed by atoms with Crippen LogP contribution in [0.3, 0.4) is 0 Å². The molecule has 0 radical (unpaired) electrons. The van der Waals surface area contributed by atoms with Crippen molar-refractivity contribution in [2.75, 3.05) is 36.0 Å². The predicted molar refractivity (Wildman–Crippen MR) is 115 cm³/mol. The Labute approximate surface area is 180 Å². The normalized spacial score (nSPS) is 14.5. The lowest BCUT2D eigenvalue weighted by molar-refractivity contribution is -0.147. The zero-order valence-electron chi connectivity index (χ0n) is 17.2. The number of anilines is 3. The van der Waals surface area contributed by atoms with Gasteiger partial charge in [-0.15, -0.1) is 10.2 Å². The molecule has 0 bridgehead atoms. The molecular weight excluding hydrogens is 422 g/mol. The van der Waals surface area contributed by atoms with Crippen LogP contribution in [0.2, 0.25) is 0 Å². The average molecular weight is 448 g/mol. The van der Waals surface area contributed by atoms with E-state index >= 15 is 0 Å². The molecule has 0 aromatic carbocycles. The summed E-state index contributed by atoms with van der Waals surface area (Å²) in [5.74, 6) is 0.724. The number of carbonyl (C=O) groups is 2. The quantitative estimate of drug-likeness (QED) is 0.355. The highest BCUT2D eigenvalue weighted by Gasteiger charge is 2.27. The molecule has 31 heavy (non-hydrogen) atoms. The number of hydrogen-bond acceptors (Lipinski definition) is 9. The summed E-state index contributed by atoms with van der Waals surface area (Å²) in [5.41, 5.74) is 1.06. The zero-order valence-corrected chi connectivity index (χ0v) is 18.0. The van der Waals surface area contributed by atoms with Crippen molar-refractivity contribution in [2.45, 2.75) is 26.2 Å². The Morgan fingerprint density at radius 2 is 1.65 bits per heavy atom. The van der Waals surface area contributed by atoms with Gasteiger partial charge in [0, 0.05) is 38.7 Å². The van der Waals surface area contributed by atoms with E-state index in [1.165, 1.54) is 0 Å². The molecule has 3 heterocycles. The predicted octanol–water partition coefficient (Wildman–Crippen LogP) is 0.794. The Hall–Kier alpha value is -3.12. The molecule has 3 N–H and O–H groups in total. The van der Waals surface area contributed by atoms with E-state index in [-0.39, 0.29) is 43.5 Å². The summed E-state index contributed by atoms with van der Waals surface area (Å²) in [6, 6.07) is 7.22. The molecule has 0 unspecified atom stereocenters. The van der Waals surface area contributed by atoms with E-state index in [4.69, 9.17) is 0 Å². The maximum absolute atomic E-state index is 12.1. The largest absolute Gasteiger partial charge is 0.367 e. The molecule has 166 valence electrons.